The lowest BCUT2D eigenvalue weighted by Gasteiger charge is -2.14. The molecule has 33 heavy (non-hydrogen) atoms. The molecule has 0 spiro atoms. The van der Waals surface area contributed by atoms with Gasteiger partial charge >= 0.3 is 6.03 Å². The molecule has 0 unspecified atom stereocenters. The van der Waals surface area contributed by atoms with Crippen LogP contribution in [0, 0.1) is 6.92 Å². The molecule has 0 aliphatic carbocycles. The van der Waals surface area contributed by atoms with Crippen LogP contribution in [-0.4, -0.2) is 26.0 Å². The summed E-state index contributed by atoms with van der Waals surface area (Å²) in [5, 5.41) is 5.73. The smallest absolute Gasteiger partial charge is 0.323 e. The van der Waals surface area contributed by atoms with Crippen molar-refractivity contribution in [3.05, 3.63) is 72.2 Å². The highest BCUT2D eigenvalue weighted by molar-refractivity contribution is 6.00. The fourth-order valence-corrected chi connectivity index (χ4v) is 3.31. The minimum Gasteiger partial charge on any atom is -0.368 e. The van der Waals surface area contributed by atoms with Crippen molar-refractivity contribution >= 4 is 23.4 Å². The molecule has 4 rings (SSSR count). The maximum absolute atomic E-state index is 12.5. The Morgan fingerprint density at radius 3 is 2.39 bits per heavy atom. The number of aromatic amines is 1. The van der Waals surface area contributed by atoms with Gasteiger partial charge in [-0.2, -0.15) is 0 Å². The van der Waals surface area contributed by atoms with Crippen molar-refractivity contribution in [3.63, 3.8) is 0 Å². The number of nitrogens with one attached hydrogen (secondary N) is 3. The summed E-state index contributed by atoms with van der Waals surface area (Å²) in [5.41, 5.74) is 11.1. The van der Waals surface area contributed by atoms with Gasteiger partial charge in [0.25, 0.3) is 0 Å². The normalized spacial score (nSPS) is 11.3. The molecule has 8 heteroatoms. The maximum atomic E-state index is 12.5. The fourth-order valence-electron chi connectivity index (χ4n) is 3.31. The number of nitrogen functional groups attached to an aromatic ring is 1. The van der Waals surface area contributed by atoms with Crippen LogP contribution in [0.1, 0.15) is 32.2 Å². The van der Waals surface area contributed by atoms with Gasteiger partial charge in [0, 0.05) is 28.6 Å². The van der Waals surface area contributed by atoms with E-state index in [2.05, 4.69) is 46.4 Å². The number of anilines is 3. The number of rotatable bonds is 4. The Balaban J connectivity index is 1.65. The van der Waals surface area contributed by atoms with Gasteiger partial charge < -0.3 is 21.4 Å². The Morgan fingerprint density at radius 1 is 0.970 bits per heavy atom. The molecule has 0 radical (unpaired) electrons. The van der Waals surface area contributed by atoms with E-state index >= 15 is 0 Å². The molecule has 2 amide bonds. The Morgan fingerprint density at radius 2 is 1.70 bits per heavy atom. The van der Waals surface area contributed by atoms with Crippen molar-refractivity contribution in [2.24, 2.45) is 0 Å². The molecule has 0 bridgehead atoms. The number of hydrogen-bond donors (Lipinski definition) is 4. The molecule has 8 nitrogen and oxygen atoms in total. The molecule has 2 aromatic carbocycles. The van der Waals surface area contributed by atoms with E-state index in [0.29, 0.717) is 11.4 Å². The molecule has 168 valence electrons. The van der Waals surface area contributed by atoms with Crippen molar-refractivity contribution in [1.29, 1.82) is 0 Å². The minimum atomic E-state index is -0.322. The molecule has 0 saturated carbocycles. The maximum Gasteiger partial charge on any atom is 0.323 e. The van der Waals surface area contributed by atoms with Crippen LogP contribution in [0.2, 0.25) is 0 Å². The van der Waals surface area contributed by atoms with Gasteiger partial charge in [-0.25, -0.2) is 19.7 Å². The van der Waals surface area contributed by atoms with Gasteiger partial charge in [0.2, 0.25) is 5.95 Å². The summed E-state index contributed by atoms with van der Waals surface area (Å²) in [6, 6.07) is 16.6. The number of carbonyl (C=O) groups excluding carboxylic acids is 1. The third-order valence-electron chi connectivity index (χ3n) is 5.05. The van der Waals surface area contributed by atoms with Gasteiger partial charge in [-0.05, 0) is 37.3 Å². The largest absolute Gasteiger partial charge is 0.368 e. The zero-order chi connectivity index (χ0) is 23.6. The van der Waals surface area contributed by atoms with Gasteiger partial charge in [0.05, 0.1) is 17.1 Å². The number of nitrogens with zero attached hydrogens (tertiary/aromatic N) is 3. The quantitative estimate of drug-likeness (QED) is 0.339. The Bertz CT molecular complexity index is 1290. The zero-order valence-corrected chi connectivity index (χ0v) is 19.1. The highest BCUT2D eigenvalue weighted by atomic mass is 16.2. The van der Waals surface area contributed by atoms with Crippen LogP contribution >= 0.6 is 0 Å². The predicted molar refractivity (Wildman–Crippen MR) is 132 cm³/mol. The summed E-state index contributed by atoms with van der Waals surface area (Å²) in [6.45, 7) is 8.25. The average Bonchev–Trinajstić information content (AvgIpc) is 3.22. The molecular weight excluding hydrogens is 414 g/mol. The lowest BCUT2D eigenvalue weighted by Crippen LogP contribution is -2.19. The molecule has 5 N–H and O–H groups in total. The summed E-state index contributed by atoms with van der Waals surface area (Å²) in [6.07, 6.45) is 1.62. The topological polar surface area (TPSA) is 122 Å². The Hall–Kier alpha value is -4.20. The summed E-state index contributed by atoms with van der Waals surface area (Å²) in [4.78, 5) is 29.1. The van der Waals surface area contributed by atoms with E-state index in [1.807, 2.05) is 55.5 Å². The van der Waals surface area contributed by atoms with Gasteiger partial charge in [-0.3, -0.25) is 0 Å². The fraction of sp³-hybridized carbons (Fsp3) is 0.200. The molecule has 2 aromatic heterocycles. The van der Waals surface area contributed by atoms with Crippen LogP contribution in [0.25, 0.3) is 22.6 Å². The Labute approximate surface area is 192 Å². The van der Waals surface area contributed by atoms with Gasteiger partial charge in [0.15, 0.2) is 0 Å². The van der Waals surface area contributed by atoms with Crippen LogP contribution in [-0.2, 0) is 5.41 Å². The van der Waals surface area contributed by atoms with Crippen molar-refractivity contribution in [1.82, 2.24) is 19.9 Å². The molecule has 0 saturated heterocycles. The van der Waals surface area contributed by atoms with E-state index in [1.54, 1.807) is 12.3 Å². The second-order valence-electron chi connectivity index (χ2n) is 8.89. The van der Waals surface area contributed by atoms with Gasteiger partial charge in [-0.1, -0.05) is 50.6 Å². The van der Waals surface area contributed by atoms with E-state index < -0.39 is 0 Å². The summed E-state index contributed by atoms with van der Waals surface area (Å²) in [7, 11) is 0. The van der Waals surface area contributed by atoms with Crippen LogP contribution in [0.4, 0.5) is 22.1 Å². The van der Waals surface area contributed by atoms with E-state index in [4.69, 9.17) is 10.7 Å². The lowest BCUT2D eigenvalue weighted by molar-refractivity contribution is 0.262. The van der Waals surface area contributed by atoms with E-state index in [0.717, 1.165) is 34.0 Å². The highest BCUT2D eigenvalue weighted by Gasteiger charge is 2.23. The average molecular weight is 442 g/mol. The minimum absolute atomic E-state index is 0.188. The molecule has 0 fully saturated rings. The number of carbonyl (C=O) groups is 1. The number of aryl methyl sites for hydroxylation is 1. The van der Waals surface area contributed by atoms with Gasteiger partial charge in [0.1, 0.15) is 5.82 Å². The van der Waals surface area contributed by atoms with Crippen molar-refractivity contribution in [2.75, 3.05) is 16.4 Å². The van der Waals surface area contributed by atoms with Crippen LogP contribution in [0.3, 0.4) is 0 Å². The first-order valence-electron chi connectivity index (χ1n) is 10.6. The molecule has 0 atom stereocenters. The molecule has 0 aliphatic heterocycles. The third kappa shape index (κ3) is 5.17. The van der Waals surface area contributed by atoms with Crippen molar-refractivity contribution in [2.45, 2.75) is 33.1 Å². The molecule has 4 aromatic rings. The number of imidazole rings is 1. The highest BCUT2D eigenvalue weighted by Crippen LogP contribution is 2.33. The van der Waals surface area contributed by atoms with Crippen LogP contribution < -0.4 is 16.4 Å². The number of hydrogen-bond acceptors (Lipinski definition) is 5. The number of urea groups is 1. The summed E-state index contributed by atoms with van der Waals surface area (Å²) < 4.78 is 0. The SMILES string of the molecule is Cc1ccc(NC(=O)Nc2cccc(-c3nc(C(C)(C)C)[nH]c3-c3ccnc(N)n3)c2)cc1. The van der Waals surface area contributed by atoms with Crippen molar-refractivity contribution in [3.8, 4) is 22.6 Å². The number of H-pyrrole nitrogens is 1. The standard InChI is InChI=1S/C25H27N7O/c1-15-8-10-17(11-9-15)28-24(33)29-18-7-5-6-16(14-18)20-21(19-12-13-27-23(26)30-19)32-22(31-20)25(2,3)4/h5-14H,1-4H3,(H,31,32)(H2,26,27,30)(H2,28,29,33). The number of aromatic nitrogens is 4. The van der Waals surface area contributed by atoms with Crippen LogP contribution in [0.5, 0.6) is 0 Å². The van der Waals surface area contributed by atoms with Crippen LogP contribution in [0.15, 0.2) is 60.8 Å². The first-order chi connectivity index (χ1) is 15.7. The van der Waals surface area contributed by atoms with E-state index in [1.165, 1.54) is 0 Å². The first kappa shape index (κ1) is 22.0. The van der Waals surface area contributed by atoms with Gasteiger partial charge in [-0.15, -0.1) is 0 Å². The number of amides is 2. The Kier molecular flexibility index (Phi) is 5.83. The summed E-state index contributed by atoms with van der Waals surface area (Å²) in [5.74, 6) is 1.01. The second kappa shape index (κ2) is 8.74. The van der Waals surface area contributed by atoms with Crippen molar-refractivity contribution < 1.29 is 4.79 Å². The predicted octanol–water partition coefficient (Wildman–Crippen LogP) is 5.37. The zero-order valence-electron chi connectivity index (χ0n) is 19.1. The van der Waals surface area contributed by atoms with E-state index in [-0.39, 0.29) is 17.4 Å². The molecule has 2 heterocycles. The third-order valence-corrected chi connectivity index (χ3v) is 5.05. The summed E-state index contributed by atoms with van der Waals surface area (Å²) >= 11 is 0. The lowest BCUT2D eigenvalue weighted by atomic mass is 9.96. The first-order valence-corrected chi connectivity index (χ1v) is 10.6. The molecule has 0 aliphatic rings. The van der Waals surface area contributed by atoms with E-state index in [9.17, 15) is 4.79 Å². The second-order valence-corrected chi connectivity index (χ2v) is 8.89. The number of nitrogens with two attached hydrogens (primary N) is 1. The molecular formula is C25H27N7O. The monoisotopic (exact) mass is 441 g/mol. The number of benzene rings is 2.